The van der Waals surface area contributed by atoms with E-state index >= 15 is 0 Å². The van der Waals surface area contributed by atoms with Gasteiger partial charge in [0.1, 0.15) is 17.5 Å². The highest BCUT2D eigenvalue weighted by Crippen LogP contribution is 2.24. The Morgan fingerprint density at radius 1 is 1.03 bits per heavy atom. The van der Waals surface area contributed by atoms with Crippen LogP contribution in [0.3, 0.4) is 0 Å². The molecule has 1 aromatic heterocycles. The lowest BCUT2D eigenvalue weighted by atomic mass is 10.1. The molecule has 0 atom stereocenters. The van der Waals surface area contributed by atoms with Crippen LogP contribution in [0.25, 0.3) is 0 Å². The molecule has 0 aliphatic carbocycles. The van der Waals surface area contributed by atoms with Gasteiger partial charge in [-0.05, 0) is 42.7 Å². The number of amides is 2. The number of nitrogens with zero attached hydrogens (tertiary/aromatic N) is 2. The van der Waals surface area contributed by atoms with Gasteiger partial charge in [0.25, 0.3) is 5.91 Å². The smallest absolute Gasteiger partial charge is 0.252 e. The van der Waals surface area contributed by atoms with Gasteiger partial charge in [-0.2, -0.15) is 0 Å². The van der Waals surface area contributed by atoms with E-state index < -0.39 is 17.5 Å². The summed E-state index contributed by atoms with van der Waals surface area (Å²) in [5, 5.41) is 5.99. The summed E-state index contributed by atoms with van der Waals surface area (Å²) >= 11 is 0. The fourth-order valence-electron chi connectivity index (χ4n) is 3.86. The predicted octanol–water partition coefficient (Wildman–Crippen LogP) is 3.98. The van der Waals surface area contributed by atoms with Crippen LogP contribution < -0.4 is 16.4 Å². The number of hydrogen-bond donors (Lipinski definition) is 3. The van der Waals surface area contributed by atoms with Gasteiger partial charge in [-0.25, -0.2) is 13.8 Å². The third-order valence-electron chi connectivity index (χ3n) is 5.73. The molecule has 4 N–H and O–H groups in total. The number of benzene rings is 2. The Morgan fingerprint density at radius 2 is 1.71 bits per heavy atom. The summed E-state index contributed by atoms with van der Waals surface area (Å²) in [7, 11) is 0. The predicted molar refractivity (Wildman–Crippen MR) is 126 cm³/mol. The summed E-state index contributed by atoms with van der Waals surface area (Å²) in [5.41, 5.74) is 7.30. The second-order valence-electron chi connectivity index (χ2n) is 8.12. The third-order valence-corrected chi connectivity index (χ3v) is 5.73. The lowest BCUT2D eigenvalue weighted by Crippen LogP contribution is -2.29. The van der Waals surface area contributed by atoms with Crippen molar-refractivity contribution in [2.24, 2.45) is 5.73 Å². The van der Waals surface area contributed by atoms with Crippen LogP contribution in [0.2, 0.25) is 0 Å². The zero-order valence-corrected chi connectivity index (χ0v) is 18.5. The first-order valence-corrected chi connectivity index (χ1v) is 11.0. The first-order valence-electron chi connectivity index (χ1n) is 11.0. The number of likely N-dealkylation sites (tertiary alicyclic amines) is 1. The highest BCUT2D eigenvalue weighted by molar-refractivity contribution is 5.98. The van der Waals surface area contributed by atoms with Crippen molar-refractivity contribution in [3.63, 3.8) is 0 Å². The molecule has 2 heterocycles. The molecular formula is C25H25F2N5O2. The summed E-state index contributed by atoms with van der Waals surface area (Å²) in [4.78, 5) is 30.2. The molecule has 176 valence electrons. The molecule has 4 rings (SSSR count). The molecule has 1 saturated heterocycles. The number of primary amides is 1. The molecule has 1 fully saturated rings. The number of aromatic nitrogens is 1. The Labute approximate surface area is 196 Å². The molecule has 2 aromatic carbocycles. The van der Waals surface area contributed by atoms with Crippen LogP contribution in [-0.2, 0) is 17.8 Å². The maximum atomic E-state index is 14.0. The summed E-state index contributed by atoms with van der Waals surface area (Å²) < 4.78 is 27.9. The first-order chi connectivity index (χ1) is 16.4. The summed E-state index contributed by atoms with van der Waals surface area (Å²) in [6.45, 7) is 1.47. The van der Waals surface area contributed by atoms with Gasteiger partial charge in [-0.1, -0.05) is 18.2 Å². The number of anilines is 3. The average molecular weight is 466 g/mol. The number of carbonyl (C=O) groups excluding carboxylic acids is 2. The maximum Gasteiger partial charge on any atom is 0.252 e. The Kier molecular flexibility index (Phi) is 7.01. The molecule has 1 aliphatic rings. The van der Waals surface area contributed by atoms with Crippen molar-refractivity contribution in [1.29, 1.82) is 0 Å². The molecule has 9 heteroatoms. The fourth-order valence-corrected chi connectivity index (χ4v) is 3.86. The maximum absolute atomic E-state index is 14.0. The number of halogens is 2. The molecular weight excluding hydrogens is 440 g/mol. The van der Waals surface area contributed by atoms with Crippen molar-refractivity contribution in [1.82, 2.24) is 9.88 Å². The van der Waals surface area contributed by atoms with E-state index in [1.54, 1.807) is 6.07 Å². The molecule has 0 unspecified atom stereocenters. The minimum absolute atomic E-state index is 0.0954. The molecule has 0 bridgehead atoms. The lowest BCUT2D eigenvalue weighted by molar-refractivity contribution is -0.129. The number of hydrogen-bond acceptors (Lipinski definition) is 5. The van der Waals surface area contributed by atoms with Gasteiger partial charge in [-0.15, -0.1) is 0 Å². The monoisotopic (exact) mass is 465 g/mol. The standard InChI is InChI=1S/C25H25F2N5O2/c26-20-4-3-5-21(27)18(20)14-29-22-13-23(30-15-19(22)25(28)34)31-17-8-6-16(7-9-17)12-24(33)32-10-1-2-11-32/h3-9,13,15H,1-2,10-12,14H2,(H2,28,34)(H2,29,30,31). The average Bonchev–Trinajstić information content (AvgIpc) is 3.35. The van der Waals surface area contributed by atoms with E-state index in [0.29, 0.717) is 17.9 Å². The number of nitrogens with one attached hydrogen (secondary N) is 2. The zero-order valence-electron chi connectivity index (χ0n) is 18.5. The van der Waals surface area contributed by atoms with Crippen LogP contribution in [0, 0.1) is 11.6 Å². The van der Waals surface area contributed by atoms with Gasteiger partial charge in [0.05, 0.1) is 17.7 Å². The summed E-state index contributed by atoms with van der Waals surface area (Å²) in [5.74, 6) is -1.57. The largest absolute Gasteiger partial charge is 0.380 e. The molecule has 0 radical (unpaired) electrons. The van der Waals surface area contributed by atoms with Gasteiger partial charge in [0, 0.05) is 43.1 Å². The number of carbonyl (C=O) groups is 2. The Morgan fingerprint density at radius 3 is 2.35 bits per heavy atom. The SMILES string of the molecule is NC(=O)c1cnc(Nc2ccc(CC(=O)N3CCCC3)cc2)cc1NCc1c(F)cccc1F. The Bertz CT molecular complexity index is 1170. The van der Waals surface area contributed by atoms with Crippen molar-refractivity contribution in [2.75, 3.05) is 23.7 Å². The second-order valence-corrected chi connectivity index (χ2v) is 8.12. The van der Waals surface area contributed by atoms with E-state index in [0.717, 1.165) is 49.3 Å². The number of rotatable bonds is 8. The normalized spacial score (nSPS) is 13.1. The quantitative estimate of drug-likeness (QED) is 0.467. The molecule has 0 spiro atoms. The van der Waals surface area contributed by atoms with Crippen molar-refractivity contribution in [2.45, 2.75) is 25.8 Å². The highest BCUT2D eigenvalue weighted by Gasteiger charge is 2.18. The van der Waals surface area contributed by atoms with E-state index in [1.165, 1.54) is 12.3 Å². The highest BCUT2D eigenvalue weighted by atomic mass is 19.1. The molecule has 7 nitrogen and oxygen atoms in total. The summed E-state index contributed by atoms with van der Waals surface area (Å²) in [6.07, 6.45) is 3.77. The Hall–Kier alpha value is -4.01. The van der Waals surface area contributed by atoms with E-state index in [4.69, 9.17) is 5.73 Å². The van der Waals surface area contributed by atoms with Gasteiger partial charge in [-0.3, -0.25) is 9.59 Å². The van der Waals surface area contributed by atoms with Crippen LogP contribution >= 0.6 is 0 Å². The third kappa shape index (κ3) is 5.48. The number of pyridine rings is 1. The minimum atomic E-state index is -0.720. The van der Waals surface area contributed by atoms with Crippen LogP contribution in [0.5, 0.6) is 0 Å². The topological polar surface area (TPSA) is 100 Å². The van der Waals surface area contributed by atoms with Gasteiger partial charge in [0.15, 0.2) is 0 Å². The van der Waals surface area contributed by atoms with Crippen LogP contribution in [0.1, 0.15) is 34.3 Å². The molecule has 1 aliphatic heterocycles. The molecule has 3 aromatic rings. The fraction of sp³-hybridized carbons (Fsp3) is 0.240. The minimum Gasteiger partial charge on any atom is -0.380 e. The molecule has 2 amide bonds. The van der Waals surface area contributed by atoms with Gasteiger partial charge >= 0.3 is 0 Å². The first kappa shape index (κ1) is 23.2. The van der Waals surface area contributed by atoms with Gasteiger partial charge < -0.3 is 21.3 Å². The van der Waals surface area contributed by atoms with Gasteiger partial charge in [0.2, 0.25) is 5.91 Å². The Balaban J connectivity index is 1.45. The van der Waals surface area contributed by atoms with Crippen molar-refractivity contribution in [3.05, 3.63) is 83.1 Å². The molecule has 0 saturated carbocycles. The van der Waals surface area contributed by atoms with Crippen LogP contribution in [0.15, 0.2) is 54.7 Å². The van der Waals surface area contributed by atoms with E-state index in [9.17, 15) is 18.4 Å². The number of nitrogens with two attached hydrogens (primary N) is 1. The van der Waals surface area contributed by atoms with Crippen LogP contribution in [-0.4, -0.2) is 34.8 Å². The van der Waals surface area contributed by atoms with E-state index in [1.807, 2.05) is 29.2 Å². The van der Waals surface area contributed by atoms with E-state index in [2.05, 4.69) is 15.6 Å². The van der Waals surface area contributed by atoms with Crippen LogP contribution in [0.4, 0.5) is 26.0 Å². The second kappa shape index (κ2) is 10.3. The molecule has 34 heavy (non-hydrogen) atoms. The van der Waals surface area contributed by atoms with Crippen molar-refractivity contribution >= 4 is 29.0 Å². The lowest BCUT2D eigenvalue weighted by Gasteiger charge is -2.15. The van der Waals surface area contributed by atoms with E-state index in [-0.39, 0.29) is 23.6 Å². The summed E-state index contributed by atoms with van der Waals surface area (Å²) in [6, 6.07) is 12.6. The van der Waals surface area contributed by atoms with Crippen molar-refractivity contribution in [3.8, 4) is 0 Å². The zero-order chi connectivity index (χ0) is 24.1. The van der Waals surface area contributed by atoms with Crippen molar-refractivity contribution < 1.29 is 18.4 Å².